The van der Waals surface area contributed by atoms with E-state index < -0.39 is 6.09 Å². The average Bonchev–Trinajstić information content (AvgIpc) is 2.30. The van der Waals surface area contributed by atoms with Gasteiger partial charge in [0.05, 0.1) is 0 Å². The Balaban J connectivity index is 1.99. The molecule has 1 amide bonds. The number of benzene rings is 1. The van der Waals surface area contributed by atoms with Crippen molar-refractivity contribution in [2.45, 2.75) is 18.8 Å². The summed E-state index contributed by atoms with van der Waals surface area (Å²) in [4.78, 5) is 12.1. The molecular formula is C12H14FNO2. The quantitative estimate of drug-likeness (QED) is 0.795. The van der Waals surface area contributed by atoms with Gasteiger partial charge in [0, 0.05) is 13.1 Å². The lowest BCUT2D eigenvalue weighted by molar-refractivity contribution is 0.132. The van der Waals surface area contributed by atoms with Crippen molar-refractivity contribution >= 4 is 6.09 Å². The zero-order chi connectivity index (χ0) is 11.5. The SMILES string of the molecule is O=C(O)N1CCC(c2ccc(F)cc2)CC1. The van der Waals surface area contributed by atoms with E-state index in [1.165, 1.54) is 17.0 Å². The summed E-state index contributed by atoms with van der Waals surface area (Å²) >= 11 is 0. The fourth-order valence-corrected chi connectivity index (χ4v) is 2.14. The molecule has 16 heavy (non-hydrogen) atoms. The molecule has 0 atom stereocenters. The van der Waals surface area contributed by atoms with E-state index in [-0.39, 0.29) is 5.82 Å². The highest BCUT2D eigenvalue weighted by atomic mass is 19.1. The topological polar surface area (TPSA) is 40.5 Å². The van der Waals surface area contributed by atoms with Crippen LogP contribution in [0.1, 0.15) is 24.3 Å². The molecule has 0 unspecified atom stereocenters. The van der Waals surface area contributed by atoms with Gasteiger partial charge in [0.25, 0.3) is 0 Å². The molecule has 0 saturated carbocycles. The molecule has 1 N–H and O–H groups in total. The number of likely N-dealkylation sites (tertiary alicyclic amines) is 1. The number of nitrogens with zero attached hydrogens (tertiary/aromatic N) is 1. The van der Waals surface area contributed by atoms with Crippen molar-refractivity contribution in [1.29, 1.82) is 0 Å². The van der Waals surface area contributed by atoms with E-state index in [9.17, 15) is 9.18 Å². The highest BCUT2D eigenvalue weighted by Gasteiger charge is 2.23. The molecule has 4 heteroatoms. The van der Waals surface area contributed by atoms with Crippen LogP contribution in [0, 0.1) is 5.82 Å². The van der Waals surface area contributed by atoms with Gasteiger partial charge in [0.2, 0.25) is 0 Å². The second-order valence-corrected chi connectivity index (χ2v) is 4.10. The van der Waals surface area contributed by atoms with Gasteiger partial charge in [-0.15, -0.1) is 0 Å². The van der Waals surface area contributed by atoms with Gasteiger partial charge >= 0.3 is 6.09 Å². The number of amides is 1. The van der Waals surface area contributed by atoms with Gasteiger partial charge in [0.15, 0.2) is 0 Å². The number of hydrogen-bond donors (Lipinski definition) is 1. The van der Waals surface area contributed by atoms with E-state index in [2.05, 4.69) is 0 Å². The van der Waals surface area contributed by atoms with Crippen LogP contribution in [0.15, 0.2) is 24.3 Å². The maximum Gasteiger partial charge on any atom is 0.407 e. The lowest BCUT2D eigenvalue weighted by atomic mass is 9.90. The molecule has 1 aromatic rings. The molecule has 86 valence electrons. The monoisotopic (exact) mass is 223 g/mol. The van der Waals surface area contributed by atoms with Gasteiger partial charge in [0.1, 0.15) is 5.82 Å². The molecule has 1 aliphatic rings. The van der Waals surface area contributed by atoms with Crippen molar-refractivity contribution in [3.8, 4) is 0 Å². The first-order valence-electron chi connectivity index (χ1n) is 5.40. The van der Waals surface area contributed by atoms with Gasteiger partial charge in [-0.2, -0.15) is 0 Å². The molecule has 1 aromatic carbocycles. The second kappa shape index (κ2) is 4.51. The molecule has 0 radical (unpaired) electrons. The minimum absolute atomic E-state index is 0.230. The van der Waals surface area contributed by atoms with Gasteiger partial charge in [-0.05, 0) is 36.5 Å². The Morgan fingerprint density at radius 2 is 1.81 bits per heavy atom. The van der Waals surface area contributed by atoms with Gasteiger partial charge in [-0.25, -0.2) is 9.18 Å². The smallest absolute Gasteiger partial charge is 0.407 e. The minimum Gasteiger partial charge on any atom is -0.465 e. The van der Waals surface area contributed by atoms with Crippen LogP contribution < -0.4 is 0 Å². The fourth-order valence-electron chi connectivity index (χ4n) is 2.14. The van der Waals surface area contributed by atoms with Crippen LogP contribution in [0.3, 0.4) is 0 Å². The molecule has 3 nitrogen and oxygen atoms in total. The average molecular weight is 223 g/mol. The molecule has 1 heterocycles. The van der Waals surface area contributed by atoms with Crippen molar-refractivity contribution in [1.82, 2.24) is 4.90 Å². The van der Waals surface area contributed by atoms with Crippen LogP contribution in [0.25, 0.3) is 0 Å². The molecule has 0 bridgehead atoms. The van der Waals surface area contributed by atoms with Gasteiger partial charge < -0.3 is 10.0 Å². The minimum atomic E-state index is -0.849. The van der Waals surface area contributed by atoms with Crippen LogP contribution in [0.5, 0.6) is 0 Å². The fraction of sp³-hybridized carbons (Fsp3) is 0.417. The third-order valence-electron chi connectivity index (χ3n) is 3.11. The molecule has 0 aromatic heterocycles. The summed E-state index contributed by atoms with van der Waals surface area (Å²) in [6.07, 6.45) is 0.785. The molecule has 1 saturated heterocycles. The third-order valence-corrected chi connectivity index (χ3v) is 3.11. The Morgan fingerprint density at radius 1 is 1.25 bits per heavy atom. The summed E-state index contributed by atoms with van der Waals surface area (Å²) in [6.45, 7) is 1.13. The number of carboxylic acid groups (broad SMARTS) is 1. The van der Waals surface area contributed by atoms with Crippen LogP contribution >= 0.6 is 0 Å². The zero-order valence-electron chi connectivity index (χ0n) is 8.90. The maximum absolute atomic E-state index is 12.7. The number of rotatable bonds is 1. The van der Waals surface area contributed by atoms with E-state index in [0.717, 1.165) is 18.4 Å². The second-order valence-electron chi connectivity index (χ2n) is 4.10. The molecule has 0 spiro atoms. The Hall–Kier alpha value is -1.58. The number of piperidine rings is 1. The molecule has 1 fully saturated rings. The lowest BCUT2D eigenvalue weighted by Crippen LogP contribution is -2.36. The largest absolute Gasteiger partial charge is 0.465 e. The van der Waals surface area contributed by atoms with E-state index in [1.807, 2.05) is 0 Å². The Bertz CT molecular complexity index is 369. The summed E-state index contributed by atoms with van der Waals surface area (Å²) in [5.41, 5.74) is 1.10. The van der Waals surface area contributed by atoms with Crippen molar-refractivity contribution in [3.63, 3.8) is 0 Å². The zero-order valence-corrected chi connectivity index (χ0v) is 8.90. The van der Waals surface area contributed by atoms with E-state index in [0.29, 0.717) is 19.0 Å². The first-order valence-corrected chi connectivity index (χ1v) is 5.40. The van der Waals surface area contributed by atoms with Crippen molar-refractivity contribution in [2.75, 3.05) is 13.1 Å². The standard InChI is InChI=1S/C12H14FNO2/c13-11-3-1-9(2-4-11)10-5-7-14(8-6-10)12(15)16/h1-4,10H,5-8H2,(H,15,16). The highest BCUT2D eigenvalue weighted by Crippen LogP contribution is 2.27. The Morgan fingerprint density at radius 3 is 2.31 bits per heavy atom. The summed E-state index contributed by atoms with van der Waals surface area (Å²) in [5, 5.41) is 8.81. The normalized spacial score (nSPS) is 17.4. The molecule has 0 aliphatic carbocycles. The van der Waals surface area contributed by atoms with Gasteiger partial charge in [-0.1, -0.05) is 12.1 Å². The molecular weight excluding hydrogens is 209 g/mol. The summed E-state index contributed by atoms with van der Waals surface area (Å²) in [7, 11) is 0. The van der Waals surface area contributed by atoms with Crippen LogP contribution in [0.2, 0.25) is 0 Å². The number of halogens is 1. The summed E-state index contributed by atoms with van der Waals surface area (Å²) in [5.74, 6) is 0.128. The third kappa shape index (κ3) is 2.32. The van der Waals surface area contributed by atoms with E-state index in [1.54, 1.807) is 12.1 Å². The van der Waals surface area contributed by atoms with Crippen LogP contribution in [0.4, 0.5) is 9.18 Å². The number of hydrogen-bond acceptors (Lipinski definition) is 1. The first kappa shape index (κ1) is 10.9. The number of carbonyl (C=O) groups is 1. The van der Waals surface area contributed by atoms with Crippen LogP contribution in [-0.2, 0) is 0 Å². The molecule has 2 rings (SSSR count). The van der Waals surface area contributed by atoms with Crippen molar-refractivity contribution in [3.05, 3.63) is 35.6 Å². The van der Waals surface area contributed by atoms with Crippen molar-refractivity contribution in [2.24, 2.45) is 0 Å². The lowest BCUT2D eigenvalue weighted by Gasteiger charge is -2.30. The van der Waals surface area contributed by atoms with Gasteiger partial charge in [-0.3, -0.25) is 0 Å². The van der Waals surface area contributed by atoms with Crippen LogP contribution in [-0.4, -0.2) is 29.2 Å². The Labute approximate surface area is 93.5 Å². The van der Waals surface area contributed by atoms with E-state index in [4.69, 9.17) is 5.11 Å². The van der Waals surface area contributed by atoms with E-state index >= 15 is 0 Å². The van der Waals surface area contributed by atoms with Crippen molar-refractivity contribution < 1.29 is 14.3 Å². The maximum atomic E-state index is 12.7. The highest BCUT2D eigenvalue weighted by molar-refractivity contribution is 5.65. The predicted octanol–water partition coefficient (Wildman–Crippen LogP) is 2.68. The Kier molecular flexibility index (Phi) is 3.08. The predicted molar refractivity (Wildman–Crippen MR) is 58.0 cm³/mol. The molecule has 1 aliphatic heterocycles. The summed E-state index contributed by atoms with van der Waals surface area (Å²) in [6, 6.07) is 6.49. The summed E-state index contributed by atoms with van der Waals surface area (Å²) < 4.78 is 12.7. The first-order chi connectivity index (χ1) is 7.66.